The average molecular weight is 644 g/mol. The van der Waals surface area contributed by atoms with E-state index >= 15 is 0 Å². The maximum absolute atomic E-state index is 12.6. The van der Waals surface area contributed by atoms with Gasteiger partial charge in [0, 0.05) is 7.05 Å². The molecule has 0 aliphatic rings. The number of ether oxygens (including phenoxy) is 3. The summed E-state index contributed by atoms with van der Waals surface area (Å²) in [6.45, 7) is 1.60. The van der Waals surface area contributed by atoms with Gasteiger partial charge in [-0.1, -0.05) is 0 Å². The molecule has 0 bridgehead atoms. The number of methoxy groups -OCH3 is 2. The smallest absolute Gasteiger partial charge is 0.342 e. The van der Waals surface area contributed by atoms with Crippen molar-refractivity contribution in [3.63, 3.8) is 0 Å². The number of aromatic hydroxyl groups is 1. The van der Waals surface area contributed by atoms with Gasteiger partial charge in [0.2, 0.25) is 17.7 Å². The van der Waals surface area contributed by atoms with Gasteiger partial charge in [-0.05, 0) is 6.92 Å². The van der Waals surface area contributed by atoms with Crippen molar-refractivity contribution in [2.24, 2.45) is 7.05 Å². The van der Waals surface area contributed by atoms with Gasteiger partial charge < -0.3 is 19.3 Å². The largest absolute Gasteiger partial charge is 0.497 e. The molecular weight excluding hydrogens is 622 g/mol. The van der Waals surface area contributed by atoms with Crippen LogP contribution >= 0.6 is 0 Å². The molecular formula is C20H21N9O14S. The summed E-state index contributed by atoms with van der Waals surface area (Å²) in [5.74, 6) is -2.19. The number of nitro groups is 3. The molecule has 0 fully saturated rings. The first kappa shape index (κ1) is 34.0. The van der Waals surface area contributed by atoms with E-state index in [0.717, 1.165) is 10.9 Å². The minimum Gasteiger partial charge on any atom is -0.497 e. The van der Waals surface area contributed by atoms with Gasteiger partial charge in [0.15, 0.2) is 5.03 Å². The van der Waals surface area contributed by atoms with Crippen molar-refractivity contribution in [2.45, 2.75) is 11.9 Å². The van der Waals surface area contributed by atoms with Crippen molar-refractivity contribution in [3.8, 4) is 17.5 Å². The van der Waals surface area contributed by atoms with Gasteiger partial charge in [0.1, 0.15) is 5.56 Å². The van der Waals surface area contributed by atoms with Crippen molar-refractivity contribution in [3.05, 3.63) is 60.3 Å². The molecule has 3 aromatic rings. The third kappa shape index (κ3) is 8.18. The summed E-state index contributed by atoms with van der Waals surface area (Å²) in [5.41, 5.74) is -3.32. The van der Waals surface area contributed by atoms with Crippen molar-refractivity contribution >= 4 is 45.0 Å². The number of rotatable bonds is 10. The lowest BCUT2D eigenvalue weighted by Gasteiger charge is -2.10. The van der Waals surface area contributed by atoms with E-state index < -0.39 is 64.6 Å². The molecule has 0 atom stereocenters. The molecule has 2 amide bonds. The number of phenols is 1. The van der Waals surface area contributed by atoms with Gasteiger partial charge in [-0.25, -0.2) is 14.3 Å². The second-order valence-electron chi connectivity index (χ2n) is 7.65. The highest BCUT2D eigenvalue weighted by Crippen LogP contribution is 2.39. The second kappa shape index (κ2) is 14.1. The van der Waals surface area contributed by atoms with Crippen LogP contribution < -0.4 is 19.5 Å². The zero-order valence-electron chi connectivity index (χ0n) is 22.8. The summed E-state index contributed by atoms with van der Waals surface area (Å²) in [7, 11) is -0.491. The van der Waals surface area contributed by atoms with Gasteiger partial charge in [0.25, 0.3) is 21.5 Å². The van der Waals surface area contributed by atoms with Crippen molar-refractivity contribution in [2.75, 3.05) is 26.1 Å². The molecule has 0 unspecified atom stereocenters. The van der Waals surface area contributed by atoms with Crippen molar-refractivity contribution in [1.82, 2.24) is 24.5 Å². The monoisotopic (exact) mass is 643 g/mol. The lowest BCUT2D eigenvalue weighted by Crippen LogP contribution is -2.36. The van der Waals surface area contributed by atoms with Gasteiger partial charge in [-0.2, -0.15) is 23.5 Å². The highest BCUT2D eigenvalue weighted by molar-refractivity contribution is 7.90. The Hall–Kier alpha value is -6.20. The molecule has 0 spiro atoms. The number of urea groups is 1. The number of nitro benzene ring substituents is 3. The van der Waals surface area contributed by atoms with E-state index in [2.05, 4.69) is 20.4 Å². The molecule has 2 heterocycles. The van der Waals surface area contributed by atoms with E-state index in [1.165, 1.54) is 27.3 Å². The highest BCUT2D eigenvalue weighted by atomic mass is 32.2. The van der Waals surface area contributed by atoms with Crippen LogP contribution in [-0.4, -0.2) is 80.9 Å². The number of nitrogens with zero attached hydrogens (tertiary/aromatic N) is 7. The SMILES string of the molecule is CCOC(=O)c1cnn(C)c1S(=O)(=O)NC(=O)Nc1nc(OC)cc(OC)n1.O=[N+]([O-])c1cc([N+](=O)[O-])c(O)c([N+](=O)[O-])c1. The molecule has 23 nitrogen and oxygen atoms in total. The summed E-state index contributed by atoms with van der Waals surface area (Å²) in [4.78, 5) is 59.5. The molecule has 0 aliphatic carbocycles. The van der Waals surface area contributed by atoms with E-state index in [0.29, 0.717) is 12.1 Å². The summed E-state index contributed by atoms with van der Waals surface area (Å²) < 4.78 is 42.5. The van der Waals surface area contributed by atoms with Gasteiger partial charge in [-0.3, -0.25) is 40.3 Å². The van der Waals surface area contributed by atoms with Gasteiger partial charge in [-0.15, -0.1) is 0 Å². The Kier molecular flexibility index (Phi) is 10.9. The van der Waals surface area contributed by atoms with Crippen LogP contribution in [0.2, 0.25) is 0 Å². The van der Waals surface area contributed by atoms with E-state index in [1.807, 2.05) is 0 Å². The summed E-state index contributed by atoms with van der Waals surface area (Å²) in [6.07, 6.45) is 1.03. The van der Waals surface area contributed by atoms with Gasteiger partial charge >= 0.3 is 23.4 Å². The Morgan fingerprint density at radius 3 is 1.93 bits per heavy atom. The lowest BCUT2D eigenvalue weighted by molar-refractivity contribution is -0.404. The fourth-order valence-corrected chi connectivity index (χ4v) is 4.25. The topological polar surface area (TPSA) is 313 Å². The van der Waals surface area contributed by atoms with E-state index in [4.69, 9.17) is 19.3 Å². The summed E-state index contributed by atoms with van der Waals surface area (Å²) >= 11 is 0. The number of phenolic OH excluding ortho intramolecular Hbond substituents is 1. The molecule has 0 radical (unpaired) electrons. The van der Waals surface area contributed by atoms with Crippen LogP contribution in [0.3, 0.4) is 0 Å². The number of carbonyl (C=O) groups is 2. The summed E-state index contributed by atoms with van der Waals surface area (Å²) in [5, 5.41) is 45.6. The van der Waals surface area contributed by atoms with Crippen molar-refractivity contribution in [1.29, 1.82) is 0 Å². The quantitative estimate of drug-likeness (QED) is 0.158. The normalized spacial score (nSPS) is 10.5. The van der Waals surface area contributed by atoms with Crippen LogP contribution in [0.25, 0.3) is 0 Å². The molecule has 0 saturated heterocycles. The van der Waals surface area contributed by atoms with Gasteiger partial charge in [0.05, 0.1) is 60.0 Å². The number of carbonyl (C=O) groups excluding carboxylic acids is 2. The number of hydrogen-bond acceptors (Lipinski definition) is 17. The number of esters is 1. The molecule has 2 aromatic heterocycles. The number of non-ortho nitro benzene ring substituents is 1. The minimum atomic E-state index is -4.47. The highest BCUT2D eigenvalue weighted by Gasteiger charge is 2.31. The maximum Gasteiger partial charge on any atom is 0.342 e. The molecule has 1 aromatic carbocycles. The lowest BCUT2D eigenvalue weighted by atomic mass is 10.2. The third-order valence-electron chi connectivity index (χ3n) is 4.84. The number of aromatic nitrogens is 4. The predicted octanol–water partition coefficient (Wildman–Crippen LogP) is 1.03. The number of sulfonamides is 1. The third-order valence-corrected chi connectivity index (χ3v) is 6.29. The standard InChI is InChI=1S/C14H18N6O7S.C6H3N3O7/c1-5-27-12(21)8-7-15-20(2)11(8)28(23,24)19-14(22)18-13-16-9(25-3)6-10(17-13)26-4;10-6-4(8(13)14)1-3(7(11)12)2-5(6)9(15)16/h6-7H,5H2,1-4H3,(H2,16,17,18,19,22);1-2,10H. The van der Waals surface area contributed by atoms with Crippen LogP contribution in [-0.2, 0) is 21.8 Å². The zero-order valence-corrected chi connectivity index (χ0v) is 23.6. The predicted molar refractivity (Wildman–Crippen MR) is 142 cm³/mol. The first-order valence-electron chi connectivity index (χ1n) is 11.4. The molecule has 24 heteroatoms. The maximum atomic E-state index is 12.6. The number of amides is 2. The fraction of sp³-hybridized carbons (Fsp3) is 0.250. The van der Waals surface area contributed by atoms with Crippen LogP contribution in [0.15, 0.2) is 29.4 Å². The first-order valence-corrected chi connectivity index (χ1v) is 12.8. The average Bonchev–Trinajstić information content (AvgIpc) is 3.35. The Balaban J connectivity index is 0.000000358. The number of hydrogen-bond donors (Lipinski definition) is 3. The number of nitrogens with one attached hydrogen (secondary N) is 2. The molecule has 44 heavy (non-hydrogen) atoms. The van der Waals surface area contributed by atoms with Crippen LogP contribution in [0.1, 0.15) is 17.3 Å². The Morgan fingerprint density at radius 1 is 0.977 bits per heavy atom. The first-order chi connectivity index (χ1) is 20.6. The number of anilines is 1. The van der Waals surface area contributed by atoms with E-state index in [9.17, 15) is 48.3 Å². The van der Waals surface area contributed by atoms with E-state index in [1.54, 1.807) is 11.6 Å². The Morgan fingerprint density at radius 2 is 1.50 bits per heavy atom. The minimum absolute atomic E-state index is 0.0378. The zero-order chi connectivity index (χ0) is 33.4. The van der Waals surface area contributed by atoms with E-state index in [-0.39, 0.29) is 29.9 Å². The summed E-state index contributed by atoms with van der Waals surface area (Å²) in [6, 6.07) is 1.08. The molecule has 0 saturated carbocycles. The molecule has 3 rings (SSSR count). The molecule has 236 valence electrons. The van der Waals surface area contributed by atoms with Crippen LogP contribution in [0.4, 0.5) is 27.8 Å². The molecule has 3 N–H and O–H groups in total. The van der Waals surface area contributed by atoms with Crippen LogP contribution in [0, 0.1) is 30.3 Å². The Labute approximate surface area is 244 Å². The van der Waals surface area contributed by atoms with Crippen LogP contribution in [0.5, 0.6) is 17.5 Å². The second-order valence-corrected chi connectivity index (χ2v) is 9.25. The van der Waals surface area contributed by atoms with Crippen molar-refractivity contribution < 1.29 is 52.1 Å². The fourth-order valence-electron chi connectivity index (χ4n) is 3.03. The number of aryl methyl sites for hydroxylation is 1. The Bertz CT molecular complexity index is 1670. The molecule has 0 aliphatic heterocycles. The number of benzene rings is 1.